The Hall–Kier alpha value is -1.41. The fourth-order valence-corrected chi connectivity index (χ4v) is 4.09. The molecule has 0 atom stereocenters. The molecule has 0 amide bonds. The van der Waals surface area contributed by atoms with Crippen molar-refractivity contribution in [1.29, 1.82) is 0 Å². The highest BCUT2D eigenvalue weighted by atomic mass is 32.2. The van der Waals surface area contributed by atoms with Crippen LogP contribution in [0.5, 0.6) is 0 Å². The lowest BCUT2D eigenvalue weighted by molar-refractivity contribution is 0.541. The van der Waals surface area contributed by atoms with Crippen LogP contribution in [0, 0.1) is 5.41 Å². The predicted octanol–water partition coefficient (Wildman–Crippen LogP) is 5.66. The zero-order valence-corrected chi connectivity index (χ0v) is 13.4. The molecule has 0 bridgehead atoms. The maximum Gasteiger partial charge on any atom is 0.0766 e. The van der Waals surface area contributed by atoms with E-state index in [1.165, 1.54) is 26.4 Å². The Kier molecular flexibility index (Phi) is 3.29. The molecule has 0 saturated carbocycles. The molecule has 1 aliphatic rings. The SMILES string of the molecule is CCN1/C(=C/C(C)(C)C)Sc2ccc3ccccc3c21. The van der Waals surface area contributed by atoms with Crippen molar-refractivity contribution in [1.82, 2.24) is 0 Å². The van der Waals surface area contributed by atoms with Crippen molar-refractivity contribution in [3.05, 3.63) is 47.5 Å². The average molecular weight is 283 g/mol. The van der Waals surface area contributed by atoms with Gasteiger partial charge in [0.25, 0.3) is 0 Å². The largest absolute Gasteiger partial charge is 0.335 e. The lowest BCUT2D eigenvalue weighted by atomic mass is 9.97. The minimum absolute atomic E-state index is 0.202. The Bertz CT molecular complexity index is 679. The van der Waals surface area contributed by atoms with Crippen LogP contribution in [0.4, 0.5) is 5.69 Å². The van der Waals surface area contributed by atoms with E-state index in [1.54, 1.807) is 0 Å². The number of allylic oxidation sites excluding steroid dienone is 1. The van der Waals surface area contributed by atoms with Crippen molar-refractivity contribution in [2.45, 2.75) is 32.6 Å². The van der Waals surface area contributed by atoms with Gasteiger partial charge in [0.2, 0.25) is 0 Å². The summed E-state index contributed by atoms with van der Waals surface area (Å²) in [5.41, 5.74) is 1.58. The zero-order chi connectivity index (χ0) is 14.3. The molecule has 3 rings (SSSR count). The zero-order valence-electron chi connectivity index (χ0n) is 12.6. The van der Waals surface area contributed by atoms with Gasteiger partial charge in [-0.2, -0.15) is 0 Å². The highest BCUT2D eigenvalue weighted by Gasteiger charge is 2.27. The summed E-state index contributed by atoms with van der Waals surface area (Å²) < 4.78 is 0. The maximum absolute atomic E-state index is 2.45. The Morgan fingerprint density at radius 1 is 1.10 bits per heavy atom. The van der Waals surface area contributed by atoms with E-state index in [0.717, 1.165) is 6.54 Å². The first-order chi connectivity index (χ1) is 9.49. The van der Waals surface area contributed by atoms with Gasteiger partial charge in [-0.1, -0.05) is 62.9 Å². The average Bonchev–Trinajstić information content (AvgIpc) is 2.74. The smallest absolute Gasteiger partial charge is 0.0766 e. The van der Waals surface area contributed by atoms with Gasteiger partial charge in [0.15, 0.2) is 0 Å². The number of hydrogen-bond acceptors (Lipinski definition) is 2. The molecule has 2 heteroatoms. The van der Waals surface area contributed by atoms with Crippen LogP contribution in [-0.4, -0.2) is 6.54 Å². The quantitative estimate of drug-likeness (QED) is 0.664. The van der Waals surface area contributed by atoms with Gasteiger partial charge < -0.3 is 4.90 Å². The van der Waals surface area contributed by atoms with Crippen LogP contribution >= 0.6 is 11.8 Å². The van der Waals surface area contributed by atoms with Crippen LogP contribution in [0.2, 0.25) is 0 Å². The molecule has 0 saturated heterocycles. The summed E-state index contributed by atoms with van der Waals surface area (Å²) in [4.78, 5) is 3.83. The first kappa shape index (κ1) is 13.6. The van der Waals surface area contributed by atoms with Crippen LogP contribution in [0.15, 0.2) is 52.4 Å². The first-order valence-corrected chi connectivity index (χ1v) is 8.01. The number of rotatable bonds is 1. The Balaban J connectivity index is 2.19. The molecule has 0 unspecified atom stereocenters. The van der Waals surface area contributed by atoms with E-state index in [-0.39, 0.29) is 5.41 Å². The Morgan fingerprint density at radius 3 is 2.55 bits per heavy atom. The molecule has 0 radical (unpaired) electrons. The molecule has 0 N–H and O–H groups in total. The van der Waals surface area contributed by atoms with E-state index in [2.05, 4.69) is 75.1 Å². The topological polar surface area (TPSA) is 3.24 Å². The molecule has 104 valence electrons. The standard InChI is InChI=1S/C18H21NS/c1-5-19-16(12-18(2,3)4)20-15-11-10-13-8-6-7-9-14(13)17(15)19/h6-12H,5H2,1-4H3/b16-12-. The monoisotopic (exact) mass is 283 g/mol. The van der Waals surface area contributed by atoms with E-state index in [1.807, 2.05) is 11.8 Å². The number of anilines is 1. The highest BCUT2D eigenvalue weighted by molar-refractivity contribution is 8.03. The van der Waals surface area contributed by atoms with Crippen LogP contribution in [0.25, 0.3) is 10.8 Å². The summed E-state index contributed by atoms with van der Waals surface area (Å²) in [6, 6.07) is 13.2. The molecule has 0 aromatic heterocycles. The third-order valence-corrected chi connectivity index (χ3v) is 4.58. The van der Waals surface area contributed by atoms with Crippen LogP contribution in [-0.2, 0) is 0 Å². The third kappa shape index (κ3) is 2.33. The third-order valence-electron chi connectivity index (χ3n) is 3.49. The summed E-state index contributed by atoms with van der Waals surface area (Å²) in [7, 11) is 0. The van der Waals surface area contributed by atoms with Gasteiger partial charge in [-0.25, -0.2) is 0 Å². The second-order valence-electron chi connectivity index (χ2n) is 6.33. The summed E-state index contributed by atoms with van der Waals surface area (Å²) in [6.07, 6.45) is 2.38. The molecule has 1 nitrogen and oxygen atoms in total. The van der Waals surface area contributed by atoms with Crippen molar-refractivity contribution in [3.63, 3.8) is 0 Å². The van der Waals surface area contributed by atoms with Crippen LogP contribution in [0.1, 0.15) is 27.7 Å². The minimum atomic E-state index is 0.202. The van der Waals surface area contributed by atoms with Crippen LogP contribution in [0.3, 0.4) is 0 Å². The van der Waals surface area contributed by atoms with Gasteiger partial charge >= 0.3 is 0 Å². The number of thioether (sulfide) groups is 1. The molecule has 1 aliphatic heterocycles. The molecule has 0 spiro atoms. The molecular weight excluding hydrogens is 262 g/mol. The molecule has 1 heterocycles. The second-order valence-corrected chi connectivity index (χ2v) is 7.39. The van der Waals surface area contributed by atoms with Crippen molar-refractivity contribution in [2.75, 3.05) is 11.4 Å². The van der Waals surface area contributed by atoms with Crippen molar-refractivity contribution in [3.8, 4) is 0 Å². The minimum Gasteiger partial charge on any atom is -0.335 e. The Morgan fingerprint density at radius 2 is 1.85 bits per heavy atom. The van der Waals surface area contributed by atoms with E-state index < -0.39 is 0 Å². The molecule has 2 aromatic rings. The fraction of sp³-hybridized carbons (Fsp3) is 0.333. The van der Waals surface area contributed by atoms with Gasteiger partial charge in [0.05, 0.1) is 10.7 Å². The molecular formula is C18H21NS. The molecule has 2 aromatic carbocycles. The number of hydrogen-bond donors (Lipinski definition) is 0. The van der Waals surface area contributed by atoms with Crippen molar-refractivity contribution < 1.29 is 0 Å². The van der Waals surface area contributed by atoms with Gasteiger partial charge in [-0.15, -0.1) is 0 Å². The lowest BCUT2D eigenvalue weighted by Crippen LogP contribution is -2.18. The van der Waals surface area contributed by atoms with E-state index in [9.17, 15) is 0 Å². The summed E-state index contributed by atoms with van der Waals surface area (Å²) in [5, 5.41) is 4.05. The van der Waals surface area contributed by atoms with E-state index in [4.69, 9.17) is 0 Å². The normalized spacial score (nSPS) is 17.0. The van der Waals surface area contributed by atoms with E-state index >= 15 is 0 Å². The van der Waals surface area contributed by atoms with Gasteiger partial charge in [0.1, 0.15) is 0 Å². The summed E-state index contributed by atoms with van der Waals surface area (Å²) in [6.45, 7) is 10.0. The van der Waals surface area contributed by atoms with E-state index in [0.29, 0.717) is 0 Å². The summed E-state index contributed by atoms with van der Waals surface area (Å²) >= 11 is 1.90. The maximum atomic E-state index is 2.45. The van der Waals surface area contributed by atoms with Crippen LogP contribution < -0.4 is 4.90 Å². The lowest BCUT2D eigenvalue weighted by Gasteiger charge is -2.22. The van der Waals surface area contributed by atoms with Crippen molar-refractivity contribution >= 4 is 28.2 Å². The number of nitrogens with zero attached hydrogens (tertiary/aromatic N) is 1. The first-order valence-electron chi connectivity index (χ1n) is 7.19. The van der Waals surface area contributed by atoms with Gasteiger partial charge in [-0.3, -0.25) is 0 Å². The van der Waals surface area contributed by atoms with Gasteiger partial charge in [0, 0.05) is 16.8 Å². The molecule has 20 heavy (non-hydrogen) atoms. The fourth-order valence-electron chi connectivity index (χ4n) is 2.67. The highest BCUT2D eigenvalue weighted by Crippen LogP contribution is 2.50. The number of benzene rings is 2. The molecule has 0 aliphatic carbocycles. The Labute approximate surface area is 125 Å². The second kappa shape index (κ2) is 4.85. The molecule has 0 fully saturated rings. The van der Waals surface area contributed by atoms with Crippen molar-refractivity contribution in [2.24, 2.45) is 5.41 Å². The predicted molar refractivity (Wildman–Crippen MR) is 90.4 cm³/mol. The summed E-state index contributed by atoms with van der Waals surface area (Å²) in [5.74, 6) is 0. The number of fused-ring (bicyclic) bond motifs is 3. The van der Waals surface area contributed by atoms with Gasteiger partial charge in [-0.05, 0) is 29.9 Å².